The van der Waals surface area contributed by atoms with Crippen LogP contribution in [0.15, 0.2) is 20.8 Å². The van der Waals surface area contributed by atoms with Gasteiger partial charge in [-0.05, 0) is 12.8 Å². The molecule has 1 aromatic heterocycles. The maximum absolute atomic E-state index is 11.8. The summed E-state index contributed by atoms with van der Waals surface area (Å²) in [5, 5.41) is 10.9. The van der Waals surface area contributed by atoms with E-state index < -0.39 is 5.66 Å². The summed E-state index contributed by atoms with van der Waals surface area (Å²) < 4.78 is 5.58. The summed E-state index contributed by atoms with van der Waals surface area (Å²) in [6.45, 7) is 0.379. The van der Waals surface area contributed by atoms with Crippen molar-refractivity contribution in [1.29, 1.82) is 0 Å². The van der Waals surface area contributed by atoms with Crippen LogP contribution in [-0.2, 0) is 11.3 Å². The van der Waals surface area contributed by atoms with Crippen molar-refractivity contribution in [2.45, 2.75) is 56.7 Å². The number of nitrogens with one attached hydrogen (secondary N) is 1. The van der Waals surface area contributed by atoms with Crippen LogP contribution in [0.4, 0.5) is 0 Å². The molecule has 0 atom stereocenters. The standard InChI is InChI=1S/C15H18N4O2/c1-2-3-7-15(18-19-15)8-6-13(20)16-9-12-10-17-14(21-12)11-4-5-11/h1,10-11H,3-9H2,(H,16,20). The van der Waals surface area contributed by atoms with Gasteiger partial charge >= 0.3 is 0 Å². The Bertz CT molecular complexity index is 589. The molecule has 0 saturated heterocycles. The van der Waals surface area contributed by atoms with E-state index in [-0.39, 0.29) is 5.91 Å². The van der Waals surface area contributed by atoms with Crippen LogP contribution in [0.3, 0.4) is 0 Å². The second-order valence-corrected chi connectivity index (χ2v) is 5.60. The number of hydrogen-bond acceptors (Lipinski definition) is 5. The van der Waals surface area contributed by atoms with E-state index in [1.165, 1.54) is 0 Å². The summed E-state index contributed by atoms with van der Waals surface area (Å²) in [7, 11) is 0. The van der Waals surface area contributed by atoms with Gasteiger partial charge in [-0.25, -0.2) is 4.98 Å². The van der Waals surface area contributed by atoms with E-state index in [9.17, 15) is 4.79 Å². The number of nitrogens with zero attached hydrogens (tertiary/aromatic N) is 3. The number of hydrogen-bond donors (Lipinski definition) is 1. The smallest absolute Gasteiger partial charge is 0.220 e. The molecule has 0 unspecified atom stereocenters. The maximum Gasteiger partial charge on any atom is 0.220 e. The monoisotopic (exact) mass is 286 g/mol. The van der Waals surface area contributed by atoms with Crippen molar-refractivity contribution in [1.82, 2.24) is 10.3 Å². The third-order valence-electron chi connectivity index (χ3n) is 3.76. The van der Waals surface area contributed by atoms with E-state index in [0.29, 0.717) is 37.5 Å². The average Bonchev–Trinajstić information content (AvgIpc) is 3.42. The summed E-state index contributed by atoms with van der Waals surface area (Å²) in [6.07, 6.45) is 11.6. The number of amides is 1. The fraction of sp³-hybridized carbons (Fsp3) is 0.600. The molecule has 110 valence electrons. The summed E-state index contributed by atoms with van der Waals surface area (Å²) in [5.41, 5.74) is -0.394. The van der Waals surface area contributed by atoms with Crippen LogP contribution in [0.1, 0.15) is 56.1 Å². The SMILES string of the molecule is C#CCCC1(CCC(=O)NCc2cnc(C3CC3)o2)N=N1. The Labute approximate surface area is 123 Å². The van der Waals surface area contributed by atoms with E-state index in [1.54, 1.807) is 6.20 Å². The van der Waals surface area contributed by atoms with Gasteiger partial charge in [0.2, 0.25) is 5.91 Å². The van der Waals surface area contributed by atoms with Crippen LogP contribution in [0.2, 0.25) is 0 Å². The van der Waals surface area contributed by atoms with Gasteiger partial charge in [-0.3, -0.25) is 4.79 Å². The van der Waals surface area contributed by atoms with Crippen molar-refractivity contribution >= 4 is 5.91 Å². The maximum atomic E-state index is 11.8. The normalized spacial score (nSPS) is 18.2. The lowest BCUT2D eigenvalue weighted by molar-refractivity contribution is -0.121. The van der Waals surface area contributed by atoms with E-state index in [1.807, 2.05) is 0 Å². The Hall–Kier alpha value is -2.16. The van der Waals surface area contributed by atoms with Gasteiger partial charge in [0, 0.05) is 31.6 Å². The van der Waals surface area contributed by atoms with E-state index >= 15 is 0 Å². The fourth-order valence-electron chi connectivity index (χ4n) is 2.18. The molecule has 0 radical (unpaired) electrons. The highest BCUT2D eigenvalue weighted by atomic mass is 16.4. The van der Waals surface area contributed by atoms with E-state index in [0.717, 1.165) is 25.2 Å². The molecule has 2 aliphatic rings. The quantitative estimate of drug-likeness (QED) is 0.746. The minimum Gasteiger partial charge on any atom is -0.444 e. The average molecular weight is 286 g/mol. The number of carbonyl (C=O) groups excluding carboxylic acids is 1. The first-order valence-electron chi connectivity index (χ1n) is 7.30. The van der Waals surface area contributed by atoms with Crippen LogP contribution in [-0.4, -0.2) is 16.6 Å². The van der Waals surface area contributed by atoms with Gasteiger partial charge in [0.05, 0.1) is 12.7 Å². The summed E-state index contributed by atoms with van der Waals surface area (Å²) in [5.74, 6) is 4.53. The molecule has 1 aliphatic heterocycles. The molecule has 2 heterocycles. The molecule has 6 nitrogen and oxygen atoms in total. The van der Waals surface area contributed by atoms with E-state index in [2.05, 4.69) is 26.4 Å². The third-order valence-corrected chi connectivity index (χ3v) is 3.76. The minimum atomic E-state index is -0.394. The molecular formula is C15H18N4O2. The van der Waals surface area contributed by atoms with Crippen molar-refractivity contribution < 1.29 is 9.21 Å². The van der Waals surface area contributed by atoms with Crippen molar-refractivity contribution in [2.24, 2.45) is 10.2 Å². The van der Waals surface area contributed by atoms with Gasteiger partial charge in [-0.15, -0.1) is 12.3 Å². The summed E-state index contributed by atoms with van der Waals surface area (Å²) in [4.78, 5) is 16.0. The van der Waals surface area contributed by atoms with Gasteiger partial charge in [0.25, 0.3) is 0 Å². The molecule has 0 spiro atoms. The van der Waals surface area contributed by atoms with Crippen LogP contribution in [0.25, 0.3) is 0 Å². The van der Waals surface area contributed by atoms with Crippen molar-refractivity contribution in [2.75, 3.05) is 0 Å². The zero-order valence-corrected chi connectivity index (χ0v) is 11.8. The van der Waals surface area contributed by atoms with Gasteiger partial charge < -0.3 is 9.73 Å². The fourth-order valence-corrected chi connectivity index (χ4v) is 2.18. The largest absolute Gasteiger partial charge is 0.444 e. The van der Waals surface area contributed by atoms with Crippen molar-refractivity contribution in [3.63, 3.8) is 0 Å². The Morgan fingerprint density at radius 2 is 2.29 bits per heavy atom. The number of carbonyl (C=O) groups is 1. The predicted octanol–water partition coefficient (Wildman–Crippen LogP) is 2.52. The molecule has 0 aromatic carbocycles. The van der Waals surface area contributed by atoms with Crippen molar-refractivity contribution in [3.8, 4) is 12.3 Å². The Morgan fingerprint density at radius 3 is 2.95 bits per heavy atom. The molecule has 1 aromatic rings. The van der Waals surface area contributed by atoms with E-state index in [4.69, 9.17) is 10.8 Å². The second-order valence-electron chi connectivity index (χ2n) is 5.60. The lowest BCUT2D eigenvalue weighted by Gasteiger charge is -2.08. The first kappa shape index (κ1) is 13.8. The molecule has 1 saturated carbocycles. The highest BCUT2D eigenvalue weighted by molar-refractivity contribution is 5.75. The topological polar surface area (TPSA) is 79.9 Å². The van der Waals surface area contributed by atoms with Crippen LogP contribution < -0.4 is 5.32 Å². The Balaban J connectivity index is 1.37. The highest BCUT2D eigenvalue weighted by Gasteiger charge is 2.39. The zero-order chi connectivity index (χ0) is 14.7. The lowest BCUT2D eigenvalue weighted by Crippen LogP contribution is -2.24. The molecule has 1 fully saturated rings. The van der Waals surface area contributed by atoms with Crippen molar-refractivity contribution in [3.05, 3.63) is 17.8 Å². The van der Waals surface area contributed by atoms with Crippen LogP contribution in [0, 0.1) is 12.3 Å². The minimum absolute atomic E-state index is 0.0308. The summed E-state index contributed by atoms with van der Waals surface area (Å²) in [6, 6.07) is 0. The number of terminal acetylenes is 1. The second kappa shape index (κ2) is 5.68. The van der Waals surface area contributed by atoms with Gasteiger partial charge in [0.15, 0.2) is 11.6 Å². The number of oxazole rings is 1. The number of aromatic nitrogens is 1. The summed E-state index contributed by atoms with van der Waals surface area (Å²) >= 11 is 0. The zero-order valence-electron chi connectivity index (χ0n) is 11.8. The Kier molecular flexibility index (Phi) is 3.74. The lowest BCUT2D eigenvalue weighted by atomic mass is 10.0. The molecular weight excluding hydrogens is 268 g/mol. The molecule has 21 heavy (non-hydrogen) atoms. The first-order chi connectivity index (χ1) is 10.2. The first-order valence-corrected chi connectivity index (χ1v) is 7.30. The third kappa shape index (κ3) is 3.69. The van der Waals surface area contributed by atoms with Crippen LogP contribution in [0.5, 0.6) is 0 Å². The Morgan fingerprint density at radius 1 is 1.48 bits per heavy atom. The number of rotatable bonds is 8. The molecule has 3 rings (SSSR count). The predicted molar refractivity (Wildman–Crippen MR) is 75.2 cm³/mol. The molecule has 0 bridgehead atoms. The molecule has 6 heteroatoms. The highest BCUT2D eigenvalue weighted by Crippen LogP contribution is 2.39. The molecule has 1 N–H and O–H groups in total. The van der Waals surface area contributed by atoms with Crippen LogP contribution >= 0.6 is 0 Å². The molecule has 1 amide bonds. The van der Waals surface area contributed by atoms with Gasteiger partial charge in [0.1, 0.15) is 5.76 Å². The molecule has 1 aliphatic carbocycles. The van der Waals surface area contributed by atoms with Gasteiger partial charge in [-0.1, -0.05) is 0 Å². The van der Waals surface area contributed by atoms with Gasteiger partial charge in [-0.2, -0.15) is 10.2 Å².